The molecule has 0 bridgehead atoms. The fourth-order valence-electron chi connectivity index (χ4n) is 2.36. The second-order valence-corrected chi connectivity index (χ2v) is 5.51. The summed E-state index contributed by atoms with van der Waals surface area (Å²) in [6.45, 7) is 2.62. The third-order valence-corrected chi connectivity index (χ3v) is 3.98. The smallest absolute Gasteiger partial charge is 0.330 e. The largest absolute Gasteiger partial charge is 0.497 e. The van der Waals surface area contributed by atoms with E-state index in [4.69, 9.17) is 14.2 Å². The number of nitrogens with one attached hydrogen (secondary N) is 1. The Bertz CT molecular complexity index is 513. The van der Waals surface area contributed by atoms with E-state index in [9.17, 15) is 4.79 Å². The van der Waals surface area contributed by atoms with Crippen LogP contribution in [0.2, 0.25) is 0 Å². The van der Waals surface area contributed by atoms with Crippen LogP contribution in [0, 0.1) is 5.92 Å². The van der Waals surface area contributed by atoms with Gasteiger partial charge in [-0.05, 0) is 44.4 Å². The number of carbonyl (C=O) groups is 1. The molecule has 1 atom stereocenters. The predicted molar refractivity (Wildman–Crippen MR) is 79.6 cm³/mol. The van der Waals surface area contributed by atoms with Gasteiger partial charge in [0.15, 0.2) is 0 Å². The lowest BCUT2D eigenvalue weighted by Gasteiger charge is -2.30. The minimum atomic E-state index is -0.936. The third kappa shape index (κ3) is 3.29. The van der Waals surface area contributed by atoms with Crippen molar-refractivity contribution in [1.29, 1.82) is 0 Å². The Morgan fingerprint density at radius 2 is 2.00 bits per heavy atom. The minimum Gasteiger partial charge on any atom is -0.497 e. The molecule has 116 valence electrons. The summed E-state index contributed by atoms with van der Waals surface area (Å²) in [7, 11) is 4.57. The minimum absolute atomic E-state index is 0.327. The molecule has 0 heterocycles. The highest BCUT2D eigenvalue weighted by Gasteiger charge is 2.40. The molecular weight excluding hydrogens is 270 g/mol. The van der Waals surface area contributed by atoms with Crippen molar-refractivity contribution in [2.75, 3.05) is 27.9 Å². The molecule has 1 unspecified atom stereocenters. The van der Waals surface area contributed by atoms with Crippen LogP contribution >= 0.6 is 0 Å². The van der Waals surface area contributed by atoms with Gasteiger partial charge in [0.1, 0.15) is 17.0 Å². The Morgan fingerprint density at radius 3 is 2.52 bits per heavy atom. The van der Waals surface area contributed by atoms with Gasteiger partial charge in [-0.15, -0.1) is 0 Å². The number of methoxy groups -OCH3 is 3. The van der Waals surface area contributed by atoms with Crippen LogP contribution in [0.1, 0.15) is 25.3 Å². The lowest BCUT2D eigenvalue weighted by atomic mass is 9.90. The zero-order chi connectivity index (χ0) is 15.5. The van der Waals surface area contributed by atoms with Gasteiger partial charge in [-0.25, -0.2) is 4.79 Å². The first-order valence-electron chi connectivity index (χ1n) is 7.11. The molecule has 0 aliphatic heterocycles. The summed E-state index contributed by atoms with van der Waals surface area (Å²) in [4.78, 5) is 12.3. The molecule has 1 aliphatic carbocycles. The highest BCUT2D eigenvalue weighted by Crippen LogP contribution is 2.35. The second kappa shape index (κ2) is 6.35. The number of rotatable bonds is 7. The van der Waals surface area contributed by atoms with Gasteiger partial charge in [-0.1, -0.05) is 0 Å². The van der Waals surface area contributed by atoms with Crippen LogP contribution in [-0.2, 0) is 15.1 Å². The Labute approximate surface area is 125 Å². The molecule has 1 aromatic rings. The van der Waals surface area contributed by atoms with Gasteiger partial charge in [0, 0.05) is 11.6 Å². The Balaban J connectivity index is 2.36. The van der Waals surface area contributed by atoms with Crippen LogP contribution in [0.3, 0.4) is 0 Å². The average molecular weight is 293 g/mol. The molecule has 21 heavy (non-hydrogen) atoms. The van der Waals surface area contributed by atoms with Crippen LogP contribution in [0.15, 0.2) is 18.2 Å². The summed E-state index contributed by atoms with van der Waals surface area (Å²) in [6, 6.07) is 5.43. The normalized spacial score (nSPS) is 17.0. The van der Waals surface area contributed by atoms with E-state index in [1.54, 1.807) is 20.3 Å². The van der Waals surface area contributed by atoms with Gasteiger partial charge in [0.2, 0.25) is 0 Å². The van der Waals surface area contributed by atoms with Crippen molar-refractivity contribution in [2.24, 2.45) is 5.92 Å². The Morgan fingerprint density at radius 1 is 1.29 bits per heavy atom. The molecule has 0 amide bonds. The molecule has 1 saturated carbocycles. The van der Waals surface area contributed by atoms with Crippen molar-refractivity contribution in [1.82, 2.24) is 5.32 Å². The van der Waals surface area contributed by atoms with Crippen molar-refractivity contribution in [3.05, 3.63) is 23.8 Å². The van der Waals surface area contributed by atoms with E-state index in [2.05, 4.69) is 5.32 Å². The van der Waals surface area contributed by atoms with E-state index in [0.29, 0.717) is 17.4 Å². The van der Waals surface area contributed by atoms with Gasteiger partial charge < -0.3 is 14.2 Å². The first-order chi connectivity index (χ1) is 10.0. The van der Waals surface area contributed by atoms with Crippen LogP contribution in [0.5, 0.6) is 11.5 Å². The topological polar surface area (TPSA) is 56.8 Å². The van der Waals surface area contributed by atoms with E-state index in [-0.39, 0.29) is 5.97 Å². The number of esters is 1. The molecule has 2 rings (SSSR count). The number of hydrogen-bond acceptors (Lipinski definition) is 5. The predicted octanol–water partition coefficient (Wildman–Crippen LogP) is 2.09. The van der Waals surface area contributed by atoms with Crippen molar-refractivity contribution in [3.63, 3.8) is 0 Å². The highest BCUT2D eigenvalue weighted by atomic mass is 16.5. The summed E-state index contributed by atoms with van der Waals surface area (Å²) < 4.78 is 15.6. The van der Waals surface area contributed by atoms with Crippen molar-refractivity contribution < 1.29 is 19.0 Å². The number of benzene rings is 1. The van der Waals surface area contributed by atoms with Gasteiger partial charge in [-0.3, -0.25) is 5.32 Å². The summed E-state index contributed by atoms with van der Waals surface area (Å²) >= 11 is 0. The first-order valence-corrected chi connectivity index (χ1v) is 7.11. The molecule has 0 radical (unpaired) electrons. The third-order valence-electron chi connectivity index (χ3n) is 3.98. The maximum Gasteiger partial charge on any atom is 0.330 e. The summed E-state index contributed by atoms with van der Waals surface area (Å²) in [5.74, 6) is 1.61. The maximum absolute atomic E-state index is 12.3. The summed E-state index contributed by atoms with van der Waals surface area (Å²) in [5.41, 5.74) is -0.187. The molecular formula is C16H23NO4. The molecule has 5 nitrogen and oxygen atoms in total. The lowest BCUT2D eigenvalue weighted by Crippen LogP contribution is -2.48. The maximum atomic E-state index is 12.3. The van der Waals surface area contributed by atoms with E-state index in [1.807, 2.05) is 19.1 Å². The molecule has 1 fully saturated rings. The van der Waals surface area contributed by atoms with Crippen molar-refractivity contribution in [2.45, 2.75) is 25.3 Å². The zero-order valence-corrected chi connectivity index (χ0v) is 13.1. The standard InChI is InChI=1S/C16H23NO4/c1-16(15(18)21-4,17-10-11-5-6-11)13-8-7-12(19-2)9-14(13)20-3/h7-9,11,17H,5-6,10H2,1-4H3. The molecule has 1 aromatic carbocycles. The van der Waals surface area contributed by atoms with Gasteiger partial charge >= 0.3 is 5.97 Å². The highest BCUT2D eigenvalue weighted by molar-refractivity contribution is 5.83. The average Bonchev–Trinajstić information content (AvgIpc) is 3.35. The fraction of sp³-hybridized carbons (Fsp3) is 0.562. The number of hydrogen-bond donors (Lipinski definition) is 1. The number of carbonyl (C=O) groups excluding carboxylic acids is 1. The van der Waals surface area contributed by atoms with Crippen LogP contribution < -0.4 is 14.8 Å². The molecule has 1 aliphatic rings. The first kappa shape index (κ1) is 15.6. The second-order valence-electron chi connectivity index (χ2n) is 5.51. The summed E-state index contributed by atoms with van der Waals surface area (Å²) in [6.07, 6.45) is 2.42. The Hall–Kier alpha value is -1.75. The van der Waals surface area contributed by atoms with E-state index in [1.165, 1.54) is 20.0 Å². The van der Waals surface area contributed by atoms with Crippen LogP contribution in [-0.4, -0.2) is 33.8 Å². The van der Waals surface area contributed by atoms with Gasteiger partial charge in [0.25, 0.3) is 0 Å². The number of ether oxygens (including phenoxy) is 3. The van der Waals surface area contributed by atoms with Gasteiger partial charge in [-0.2, -0.15) is 0 Å². The SMILES string of the molecule is COC(=O)C(C)(NCC1CC1)c1ccc(OC)cc1OC. The van der Waals surface area contributed by atoms with Gasteiger partial charge in [0.05, 0.1) is 21.3 Å². The van der Waals surface area contributed by atoms with E-state index >= 15 is 0 Å². The lowest BCUT2D eigenvalue weighted by molar-refractivity contribution is -0.148. The zero-order valence-electron chi connectivity index (χ0n) is 13.1. The van der Waals surface area contributed by atoms with Crippen molar-refractivity contribution >= 4 is 5.97 Å². The van der Waals surface area contributed by atoms with Crippen molar-refractivity contribution in [3.8, 4) is 11.5 Å². The molecule has 5 heteroatoms. The molecule has 0 saturated heterocycles. The van der Waals surface area contributed by atoms with Crippen LogP contribution in [0.4, 0.5) is 0 Å². The molecule has 0 spiro atoms. The monoisotopic (exact) mass is 293 g/mol. The summed E-state index contributed by atoms with van der Waals surface area (Å²) in [5, 5.41) is 3.34. The fourth-order valence-corrected chi connectivity index (χ4v) is 2.36. The van der Waals surface area contributed by atoms with Crippen LogP contribution in [0.25, 0.3) is 0 Å². The van der Waals surface area contributed by atoms with E-state index < -0.39 is 5.54 Å². The van der Waals surface area contributed by atoms with E-state index in [0.717, 1.165) is 12.1 Å². The Kier molecular flexibility index (Phi) is 4.73. The molecule has 1 N–H and O–H groups in total. The quantitative estimate of drug-likeness (QED) is 0.780. The molecule has 0 aromatic heterocycles.